The summed E-state index contributed by atoms with van der Waals surface area (Å²) in [4.78, 5) is 23.3. The van der Waals surface area contributed by atoms with E-state index in [9.17, 15) is 9.59 Å². The molecule has 0 heterocycles. The van der Waals surface area contributed by atoms with Crippen LogP contribution < -0.4 is 16.0 Å². The van der Waals surface area contributed by atoms with Crippen molar-refractivity contribution in [1.82, 2.24) is 16.0 Å². The lowest BCUT2D eigenvalue weighted by Gasteiger charge is -2.30. The third kappa shape index (κ3) is 7.20. The average molecular weight is 325 g/mol. The number of ether oxygens (including phenoxy) is 1. The molecule has 2 fully saturated rings. The summed E-state index contributed by atoms with van der Waals surface area (Å²) in [7, 11) is 0. The molecule has 2 saturated carbocycles. The number of carbonyl (C=O) groups is 2. The number of rotatable bonds is 6. The lowest BCUT2D eigenvalue weighted by Crippen LogP contribution is -2.45. The van der Waals surface area contributed by atoms with E-state index in [-0.39, 0.29) is 24.0 Å². The van der Waals surface area contributed by atoms with Crippen LogP contribution in [0.3, 0.4) is 0 Å². The fraction of sp³-hybridized carbons (Fsp3) is 0.882. The van der Waals surface area contributed by atoms with Gasteiger partial charge in [-0.3, -0.25) is 4.79 Å². The summed E-state index contributed by atoms with van der Waals surface area (Å²) < 4.78 is 5.29. The molecule has 3 N–H and O–H groups in total. The van der Waals surface area contributed by atoms with Gasteiger partial charge in [-0.1, -0.05) is 0 Å². The Morgan fingerprint density at radius 3 is 2.13 bits per heavy atom. The molecule has 0 aromatic rings. The molecule has 2 amide bonds. The number of hydrogen-bond acceptors (Lipinski definition) is 4. The summed E-state index contributed by atoms with van der Waals surface area (Å²) in [5.74, 6) is 0.487. The van der Waals surface area contributed by atoms with Gasteiger partial charge in [0.05, 0.1) is 0 Å². The van der Waals surface area contributed by atoms with Gasteiger partial charge in [0.2, 0.25) is 5.91 Å². The second kappa shape index (κ2) is 7.99. The maximum atomic E-state index is 11.8. The van der Waals surface area contributed by atoms with Crippen molar-refractivity contribution in [2.24, 2.45) is 5.92 Å². The summed E-state index contributed by atoms with van der Waals surface area (Å²) in [5, 5.41) is 9.41. The summed E-state index contributed by atoms with van der Waals surface area (Å²) in [6.45, 7) is 7.12. The van der Waals surface area contributed by atoms with Crippen LogP contribution in [-0.2, 0) is 9.53 Å². The van der Waals surface area contributed by atoms with Crippen LogP contribution in [0, 0.1) is 5.92 Å². The van der Waals surface area contributed by atoms with Crippen molar-refractivity contribution < 1.29 is 14.3 Å². The number of carbonyl (C=O) groups excluding carboxylic acids is 2. The Bertz CT molecular complexity index is 408. The second-order valence-electron chi connectivity index (χ2n) is 7.71. The minimum Gasteiger partial charge on any atom is -0.444 e. The first-order chi connectivity index (χ1) is 10.8. The van der Waals surface area contributed by atoms with Gasteiger partial charge in [0.25, 0.3) is 0 Å². The van der Waals surface area contributed by atoms with E-state index in [0.29, 0.717) is 12.6 Å². The molecule has 2 rings (SSSR count). The molecule has 0 atom stereocenters. The smallest absolute Gasteiger partial charge is 0.407 e. The Morgan fingerprint density at radius 1 is 0.957 bits per heavy atom. The van der Waals surface area contributed by atoms with Crippen LogP contribution in [0.2, 0.25) is 0 Å². The molecule has 132 valence electrons. The van der Waals surface area contributed by atoms with Crippen LogP contribution >= 0.6 is 0 Å². The van der Waals surface area contributed by atoms with E-state index in [0.717, 1.165) is 45.1 Å². The molecule has 23 heavy (non-hydrogen) atoms. The Labute approximate surface area is 139 Å². The quantitative estimate of drug-likeness (QED) is 0.652. The van der Waals surface area contributed by atoms with E-state index in [1.807, 2.05) is 20.8 Å². The van der Waals surface area contributed by atoms with Gasteiger partial charge < -0.3 is 20.7 Å². The molecule has 0 aromatic carbocycles. The number of hydrogen-bond donors (Lipinski definition) is 3. The maximum absolute atomic E-state index is 11.8. The third-order valence-corrected chi connectivity index (χ3v) is 4.25. The lowest BCUT2D eigenvalue weighted by atomic mass is 9.91. The van der Waals surface area contributed by atoms with Crippen molar-refractivity contribution in [3.05, 3.63) is 0 Å². The first-order valence-corrected chi connectivity index (χ1v) is 8.84. The molecule has 0 aromatic heterocycles. The van der Waals surface area contributed by atoms with E-state index in [1.165, 1.54) is 0 Å². The van der Waals surface area contributed by atoms with Gasteiger partial charge in [0.15, 0.2) is 0 Å². The first kappa shape index (κ1) is 18.0. The minimum atomic E-state index is -0.451. The van der Waals surface area contributed by atoms with E-state index in [4.69, 9.17) is 4.74 Å². The van der Waals surface area contributed by atoms with Crippen LogP contribution in [0.25, 0.3) is 0 Å². The zero-order valence-electron chi connectivity index (χ0n) is 14.6. The van der Waals surface area contributed by atoms with Crippen LogP contribution in [0.1, 0.15) is 59.3 Å². The number of alkyl carbamates (subject to hydrolysis) is 1. The molecular formula is C17H31N3O3. The van der Waals surface area contributed by atoms with Gasteiger partial charge in [-0.15, -0.1) is 0 Å². The Kier molecular flexibility index (Phi) is 6.27. The maximum Gasteiger partial charge on any atom is 0.407 e. The predicted octanol–water partition coefficient (Wildman–Crippen LogP) is 1.94. The van der Waals surface area contributed by atoms with Gasteiger partial charge in [0, 0.05) is 31.1 Å². The highest BCUT2D eigenvalue weighted by atomic mass is 16.6. The SMILES string of the molecule is CC(C)(C)OC(=O)NC1CCC(NCCNC(=O)C2CC2)CC1. The Morgan fingerprint density at radius 2 is 1.57 bits per heavy atom. The molecule has 6 nitrogen and oxygen atoms in total. The van der Waals surface area contributed by atoms with Crippen molar-refractivity contribution in [1.29, 1.82) is 0 Å². The average Bonchev–Trinajstić information content (AvgIpc) is 3.27. The van der Waals surface area contributed by atoms with Gasteiger partial charge in [0.1, 0.15) is 5.60 Å². The minimum absolute atomic E-state index is 0.206. The van der Waals surface area contributed by atoms with Gasteiger partial charge in [-0.05, 0) is 59.3 Å². The van der Waals surface area contributed by atoms with Crippen molar-refractivity contribution in [3.63, 3.8) is 0 Å². The van der Waals surface area contributed by atoms with Gasteiger partial charge in [-0.2, -0.15) is 0 Å². The zero-order valence-corrected chi connectivity index (χ0v) is 14.6. The van der Waals surface area contributed by atoms with Gasteiger partial charge in [-0.25, -0.2) is 4.79 Å². The van der Waals surface area contributed by atoms with Crippen LogP contribution in [0.5, 0.6) is 0 Å². The zero-order chi connectivity index (χ0) is 16.9. The molecule has 0 radical (unpaired) electrons. The topological polar surface area (TPSA) is 79.5 Å². The van der Waals surface area contributed by atoms with Crippen molar-refractivity contribution >= 4 is 12.0 Å². The molecule has 2 aliphatic carbocycles. The van der Waals surface area contributed by atoms with Crippen LogP contribution in [-0.4, -0.2) is 42.8 Å². The molecule has 2 aliphatic rings. The van der Waals surface area contributed by atoms with Crippen molar-refractivity contribution in [3.8, 4) is 0 Å². The molecule has 0 saturated heterocycles. The molecule has 0 spiro atoms. The first-order valence-electron chi connectivity index (χ1n) is 8.84. The molecule has 6 heteroatoms. The van der Waals surface area contributed by atoms with E-state index in [2.05, 4.69) is 16.0 Å². The summed E-state index contributed by atoms with van der Waals surface area (Å²) in [5.41, 5.74) is -0.451. The Hall–Kier alpha value is -1.30. The fourth-order valence-corrected chi connectivity index (χ4v) is 2.87. The molecule has 0 unspecified atom stereocenters. The van der Waals surface area contributed by atoms with E-state index < -0.39 is 5.60 Å². The molecular weight excluding hydrogens is 294 g/mol. The lowest BCUT2D eigenvalue weighted by molar-refractivity contribution is -0.122. The number of nitrogens with one attached hydrogen (secondary N) is 3. The number of amides is 2. The normalized spacial score (nSPS) is 24.8. The van der Waals surface area contributed by atoms with Crippen LogP contribution in [0.15, 0.2) is 0 Å². The highest BCUT2D eigenvalue weighted by molar-refractivity contribution is 5.80. The summed E-state index contributed by atoms with van der Waals surface area (Å²) in [6, 6.07) is 0.682. The van der Waals surface area contributed by atoms with Crippen molar-refractivity contribution in [2.75, 3.05) is 13.1 Å². The van der Waals surface area contributed by atoms with E-state index in [1.54, 1.807) is 0 Å². The largest absolute Gasteiger partial charge is 0.444 e. The standard InChI is InChI=1S/C17H31N3O3/c1-17(2,3)23-16(22)20-14-8-6-13(7-9-14)18-10-11-19-15(21)12-4-5-12/h12-14,18H,4-11H2,1-3H3,(H,19,21)(H,20,22). The molecule has 0 bridgehead atoms. The second-order valence-corrected chi connectivity index (χ2v) is 7.71. The van der Waals surface area contributed by atoms with Crippen molar-refractivity contribution in [2.45, 2.75) is 77.0 Å². The van der Waals surface area contributed by atoms with E-state index >= 15 is 0 Å². The Balaban J connectivity index is 1.53. The monoisotopic (exact) mass is 325 g/mol. The van der Waals surface area contributed by atoms with Gasteiger partial charge >= 0.3 is 6.09 Å². The third-order valence-electron chi connectivity index (χ3n) is 4.25. The highest BCUT2D eigenvalue weighted by Gasteiger charge is 2.29. The van der Waals surface area contributed by atoms with Crippen LogP contribution in [0.4, 0.5) is 4.79 Å². The predicted molar refractivity (Wildman–Crippen MR) is 89.2 cm³/mol. The molecule has 0 aliphatic heterocycles. The summed E-state index contributed by atoms with van der Waals surface area (Å²) in [6.07, 6.45) is 5.78. The summed E-state index contributed by atoms with van der Waals surface area (Å²) >= 11 is 0. The highest BCUT2D eigenvalue weighted by Crippen LogP contribution is 2.28. The fourth-order valence-electron chi connectivity index (χ4n) is 2.87.